The molecule has 1 aliphatic heterocycles. The number of nitrogens with one attached hydrogen (secondary N) is 1. The molecule has 3 aromatic rings. The van der Waals surface area contributed by atoms with Crippen LogP contribution < -0.4 is 5.43 Å². The molecule has 0 fully saturated rings. The van der Waals surface area contributed by atoms with Crippen LogP contribution in [0.2, 0.25) is 0 Å². The first kappa shape index (κ1) is 19.3. The van der Waals surface area contributed by atoms with E-state index in [1.54, 1.807) is 24.3 Å². The Morgan fingerprint density at radius 1 is 0.733 bits per heavy atom. The van der Waals surface area contributed by atoms with Gasteiger partial charge < -0.3 is 0 Å². The highest BCUT2D eigenvalue weighted by molar-refractivity contribution is 6.21. The highest BCUT2D eigenvalue weighted by Gasteiger charge is 2.34. The Balaban J connectivity index is 1.45. The van der Waals surface area contributed by atoms with Gasteiger partial charge in [0.05, 0.1) is 16.8 Å². The third kappa shape index (κ3) is 3.89. The second kappa shape index (κ2) is 8.53. The molecule has 0 unspecified atom stereocenters. The molecule has 0 bridgehead atoms. The number of imide groups is 1. The van der Waals surface area contributed by atoms with E-state index in [9.17, 15) is 14.4 Å². The fraction of sp³-hybridized carbons (Fsp3) is 0.0833. The van der Waals surface area contributed by atoms with Gasteiger partial charge in [0, 0.05) is 24.1 Å². The van der Waals surface area contributed by atoms with E-state index in [-0.39, 0.29) is 30.7 Å². The summed E-state index contributed by atoms with van der Waals surface area (Å²) in [5.41, 5.74) is 5.66. The van der Waals surface area contributed by atoms with E-state index in [1.807, 2.05) is 60.7 Å². The molecule has 0 saturated heterocycles. The van der Waals surface area contributed by atoms with Gasteiger partial charge in [-0.3, -0.25) is 19.3 Å². The number of nitrogens with zero attached hydrogens (tertiary/aromatic N) is 2. The largest absolute Gasteiger partial charge is 0.274 e. The molecule has 0 atom stereocenters. The van der Waals surface area contributed by atoms with Crippen molar-refractivity contribution in [2.75, 3.05) is 6.54 Å². The van der Waals surface area contributed by atoms with Crippen LogP contribution in [0.4, 0.5) is 0 Å². The van der Waals surface area contributed by atoms with E-state index in [4.69, 9.17) is 0 Å². The zero-order valence-electron chi connectivity index (χ0n) is 16.1. The van der Waals surface area contributed by atoms with Crippen LogP contribution in [0, 0.1) is 0 Å². The van der Waals surface area contributed by atoms with Gasteiger partial charge in [0.25, 0.3) is 11.8 Å². The molecule has 148 valence electrons. The van der Waals surface area contributed by atoms with Crippen molar-refractivity contribution in [2.45, 2.75) is 6.42 Å². The van der Waals surface area contributed by atoms with Gasteiger partial charge in [-0.2, -0.15) is 5.10 Å². The maximum atomic E-state index is 12.4. The number of carbonyl (C=O) groups excluding carboxylic acids is 3. The number of hydrogen-bond acceptors (Lipinski definition) is 4. The number of carbonyl (C=O) groups is 3. The Bertz CT molecular complexity index is 1050. The second-order valence-electron chi connectivity index (χ2n) is 6.78. The number of benzene rings is 3. The van der Waals surface area contributed by atoms with Gasteiger partial charge in [-0.25, -0.2) is 5.43 Å². The lowest BCUT2D eigenvalue weighted by Gasteiger charge is -2.13. The van der Waals surface area contributed by atoms with Gasteiger partial charge in [0.2, 0.25) is 5.91 Å². The molecule has 6 heteroatoms. The molecule has 4 rings (SSSR count). The van der Waals surface area contributed by atoms with Crippen molar-refractivity contribution in [3.05, 3.63) is 107 Å². The first-order valence-corrected chi connectivity index (χ1v) is 9.58. The number of rotatable bonds is 6. The van der Waals surface area contributed by atoms with Crippen molar-refractivity contribution in [2.24, 2.45) is 5.10 Å². The van der Waals surface area contributed by atoms with Crippen LogP contribution >= 0.6 is 0 Å². The topological polar surface area (TPSA) is 78.8 Å². The molecule has 30 heavy (non-hydrogen) atoms. The second-order valence-corrected chi connectivity index (χ2v) is 6.78. The first-order chi connectivity index (χ1) is 14.6. The molecular formula is C24H19N3O3. The summed E-state index contributed by atoms with van der Waals surface area (Å²) < 4.78 is 0. The molecule has 0 saturated carbocycles. The Morgan fingerprint density at radius 3 is 1.70 bits per heavy atom. The van der Waals surface area contributed by atoms with Crippen LogP contribution in [0.1, 0.15) is 38.3 Å². The van der Waals surface area contributed by atoms with Crippen LogP contribution in [0.15, 0.2) is 90.0 Å². The zero-order chi connectivity index (χ0) is 20.9. The van der Waals surface area contributed by atoms with E-state index in [2.05, 4.69) is 10.5 Å². The van der Waals surface area contributed by atoms with Crippen molar-refractivity contribution < 1.29 is 14.4 Å². The van der Waals surface area contributed by atoms with E-state index in [1.165, 1.54) is 0 Å². The Hall–Kier alpha value is -4.06. The molecule has 0 spiro atoms. The molecular weight excluding hydrogens is 378 g/mol. The molecule has 0 aliphatic carbocycles. The number of amides is 3. The summed E-state index contributed by atoms with van der Waals surface area (Å²) in [5.74, 6) is -1.13. The third-order valence-electron chi connectivity index (χ3n) is 4.83. The average molecular weight is 397 g/mol. The predicted molar refractivity (Wildman–Crippen MR) is 113 cm³/mol. The van der Waals surface area contributed by atoms with Gasteiger partial charge in [-0.05, 0) is 12.1 Å². The summed E-state index contributed by atoms with van der Waals surface area (Å²) in [7, 11) is 0. The third-order valence-corrected chi connectivity index (χ3v) is 4.83. The molecule has 0 radical (unpaired) electrons. The van der Waals surface area contributed by atoms with E-state index < -0.39 is 0 Å². The Labute approximate surface area is 173 Å². The monoisotopic (exact) mass is 397 g/mol. The summed E-state index contributed by atoms with van der Waals surface area (Å²) in [6, 6.07) is 25.7. The quantitative estimate of drug-likeness (QED) is 0.394. The summed E-state index contributed by atoms with van der Waals surface area (Å²) in [6.07, 6.45) is -0.0359. The highest BCUT2D eigenvalue weighted by Crippen LogP contribution is 2.22. The molecule has 3 aromatic carbocycles. The smallest absolute Gasteiger partial charge is 0.261 e. The summed E-state index contributed by atoms with van der Waals surface area (Å²) in [6.45, 7) is -0.000290. The van der Waals surface area contributed by atoms with Crippen LogP contribution in [0.25, 0.3) is 0 Å². The van der Waals surface area contributed by atoms with E-state index >= 15 is 0 Å². The minimum atomic E-state index is -0.379. The van der Waals surface area contributed by atoms with Crippen molar-refractivity contribution in [1.82, 2.24) is 10.3 Å². The predicted octanol–water partition coefficient (Wildman–Crippen LogP) is 3.24. The van der Waals surface area contributed by atoms with Gasteiger partial charge >= 0.3 is 0 Å². The van der Waals surface area contributed by atoms with Crippen molar-refractivity contribution in [3.63, 3.8) is 0 Å². The fourth-order valence-electron chi connectivity index (χ4n) is 3.32. The lowest BCUT2D eigenvalue weighted by molar-refractivity contribution is -0.121. The fourth-order valence-corrected chi connectivity index (χ4v) is 3.32. The highest BCUT2D eigenvalue weighted by atomic mass is 16.2. The molecule has 1 heterocycles. The first-order valence-electron chi connectivity index (χ1n) is 9.58. The molecule has 6 nitrogen and oxygen atoms in total. The lowest BCUT2D eigenvalue weighted by Crippen LogP contribution is -2.33. The molecule has 3 amide bonds. The lowest BCUT2D eigenvalue weighted by atomic mass is 10.0. The number of fused-ring (bicyclic) bond motifs is 1. The summed E-state index contributed by atoms with van der Waals surface area (Å²) in [5, 5.41) is 4.32. The van der Waals surface area contributed by atoms with Gasteiger partial charge in [0.15, 0.2) is 0 Å². The number of hydrazone groups is 1. The van der Waals surface area contributed by atoms with Crippen molar-refractivity contribution in [3.8, 4) is 0 Å². The number of hydrogen-bond donors (Lipinski definition) is 1. The van der Waals surface area contributed by atoms with Crippen LogP contribution in [-0.2, 0) is 4.79 Å². The SMILES string of the molecule is O=C(CCN1C(=O)c2ccccc2C1=O)NN=C(c1ccccc1)c1ccccc1. The minimum absolute atomic E-state index is 0.000290. The van der Waals surface area contributed by atoms with Gasteiger partial charge in [-0.1, -0.05) is 72.8 Å². The van der Waals surface area contributed by atoms with E-state index in [0.717, 1.165) is 16.0 Å². The van der Waals surface area contributed by atoms with Crippen molar-refractivity contribution >= 4 is 23.4 Å². The maximum Gasteiger partial charge on any atom is 0.261 e. The average Bonchev–Trinajstić information content (AvgIpc) is 3.04. The molecule has 0 aromatic heterocycles. The zero-order valence-corrected chi connectivity index (χ0v) is 16.1. The Kier molecular flexibility index (Phi) is 5.48. The van der Waals surface area contributed by atoms with Gasteiger partial charge in [-0.15, -0.1) is 0 Å². The summed E-state index contributed by atoms with van der Waals surface area (Å²) >= 11 is 0. The normalized spacial score (nSPS) is 12.5. The van der Waals surface area contributed by atoms with Gasteiger partial charge in [0.1, 0.15) is 0 Å². The minimum Gasteiger partial charge on any atom is -0.274 e. The Morgan fingerprint density at radius 2 is 1.20 bits per heavy atom. The van der Waals surface area contributed by atoms with Crippen LogP contribution in [0.5, 0.6) is 0 Å². The standard InChI is InChI=1S/C24H19N3O3/c28-21(15-16-27-23(29)19-13-7-8-14-20(19)24(27)30)25-26-22(17-9-3-1-4-10-17)18-11-5-2-6-12-18/h1-14H,15-16H2,(H,25,28). The van der Waals surface area contributed by atoms with Crippen molar-refractivity contribution in [1.29, 1.82) is 0 Å². The summed E-state index contributed by atoms with van der Waals surface area (Å²) in [4.78, 5) is 38.3. The molecule has 1 N–H and O–H groups in total. The molecule has 1 aliphatic rings. The van der Waals surface area contributed by atoms with E-state index in [0.29, 0.717) is 16.8 Å². The van der Waals surface area contributed by atoms with Crippen LogP contribution in [-0.4, -0.2) is 34.9 Å². The van der Waals surface area contributed by atoms with Crippen LogP contribution in [0.3, 0.4) is 0 Å². The maximum absolute atomic E-state index is 12.4.